The number of ether oxygens (including phenoxy) is 1. The van der Waals surface area contributed by atoms with Gasteiger partial charge < -0.3 is 4.74 Å². The Kier molecular flexibility index (Phi) is 5.39. The van der Waals surface area contributed by atoms with Gasteiger partial charge in [0.05, 0.1) is 12.0 Å². The van der Waals surface area contributed by atoms with Gasteiger partial charge >= 0.3 is 0 Å². The molecule has 29 heavy (non-hydrogen) atoms. The van der Waals surface area contributed by atoms with Gasteiger partial charge in [0.25, 0.3) is 0 Å². The third-order valence-electron chi connectivity index (χ3n) is 5.49. The Morgan fingerprint density at radius 2 is 1.72 bits per heavy atom. The quantitative estimate of drug-likeness (QED) is 0.595. The van der Waals surface area contributed by atoms with E-state index >= 15 is 0 Å². The average molecular weight is 410 g/mol. The molecule has 3 aromatic carbocycles. The van der Waals surface area contributed by atoms with E-state index in [2.05, 4.69) is 0 Å². The highest BCUT2D eigenvalue weighted by atomic mass is 32.2. The normalized spacial score (nSPS) is 17.9. The molecule has 5 nitrogen and oxygen atoms in total. The Morgan fingerprint density at radius 1 is 1.00 bits per heavy atom. The summed E-state index contributed by atoms with van der Waals surface area (Å²) in [6, 6.07) is 19.9. The highest BCUT2D eigenvalue weighted by Crippen LogP contribution is 2.28. The number of benzene rings is 3. The zero-order chi connectivity index (χ0) is 20.4. The van der Waals surface area contributed by atoms with Crippen molar-refractivity contribution in [2.75, 3.05) is 20.2 Å². The molecule has 0 unspecified atom stereocenters. The third-order valence-corrected chi connectivity index (χ3v) is 7.37. The fourth-order valence-corrected chi connectivity index (χ4v) is 5.37. The van der Waals surface area contributed by atoms with Crippen LogP contribution in [0.2, 0.25) is 0 Å². The van der Waals surface area contributed by atoms with Crippen LogP contribution in [0.25, 0.3) is 10.8 Å². The zero-order valence-electron chi connectivity index (χ0n) is 16.2. The van der Waals surface area contributed by atoms with Gasteiger partial charge in [0, 0.05) is 24.6 Å². The Labute approximate surface area is 171 Å². The largest absolute Gasteiger partial charge is 0.497 e. The number of methoxy groups -OCH3 is 1. The highest BCUT2D eigenvalue weighted by molar-refractivity contribution is 7.89. The fraction of sp³-hybridized carbons (Fsp3) is 0.261. The second kappa shape index (κ2) is 7.97. The van der Waals surface area contributed by atoms with Gasteiger partial charge in [-0.3, -0.25) is 4.79 Å². The first-order chi connectivity index (χ1) is 14.0. The molecule has 0 aliphatic carbocycles. The summed E-state index contributed by atoms with van der Waals surface area (Å²) in [7, 11) is -2.11. The fourth-order valence-electron chi connectivity index (χ4n) is 3.85. The number of fused-ring (bicyclic) bond motifs is 1. The number of carbonyl (C=O) groups is 1. The van der Waals surface area contributed by atoms with Gasteiger partial charge in [-0.25, -0.2) is 8.42 Å². The summed E-state index contributed by atoms with van der Waals surface area (Å²) in [5.74, 6) is 0.273. The number of Topliss-reactive ketones (excluding diaryl/α,β-unsaturated/α-hetero) is 1. The standard InChI is InChI=1S/C23H23NO4S/c1-28-21-10-12-22(13-11-21)29(26,27)24-14-4-7-20(16-24)23(25)19-9-8-17-5-2-3-6-18(17)15-19/h2-3,5-6,8-13,15,20H,4,7,14,16H2,1H3/t20-/m0/s1. The van der Waals surface area contributed by atoms with Crippen LogP contribution in [0.15, 0.2) is 71.6 Å². The SMILES string of the molecule is COc1ccc(S(=O)(=O)N2CCC[C@H](C(=O)c3ccc4ccccc4c3)C2)cc1. The first kappa shape index (κ1) is 19.6. The Hall–Kier alpha value is -2.70. The smallest absolute Gasteiger partial charge is 0.243 e. The van der Waals surface area contributed by atoms with Gasteiger partial charge in [0.2, 0.25) is 10.0 Å². The number of nitrogens with zero attached hydrogens (tertiary/aromatic N) is 1. The molecule has 3 aromatic rings. The van der Waals surface area contributed by atoms with Gasteiger partial charge in [-0.2, -0.15) is 4.31 Å². The van der Waals surface area contributed by atoms with Crippen molar-refractivity contribution in [3.8, 4) is 5.75 Å². The summed E-state index contributed by atoms with van der Waals surface area (Å²) in [5.41, 5.74) is 0.636. The third kappa shape index (κ3) is 3.91. The van der Waals surface area contributed by atoms with Gasteiger partial charge in [0.1, 0.15) is 5.75 Å². The lowest BCUT2D eigenvalue weighted by atomic mass is 9.90. The predicted octanol–water partition coefficient (Wildman–Crippen LogP) is 4.13. The molecule has 0 radical (unpaired) electrons. The minimum Gasteiger partial charge on any atom is -0.497 e. The van der Waals surface area contributed by atoms with Crippen molar-refractivity contribution in [2.24, 2.45) is 5.92 Å². The van der Waals surface area contributed by atoms with Crippen LogP contribution in [0.5, 0.6) is 5.75 Å². The first-order valence-electron chi connectivity index (χ1n) is 9.66. The minimum absolute atomic E-state index is 0.00499. The van der Waals surface area contributed by atoms with E-state index in [1.54, 1.807) is 24.3 Å². The van der Waals surface area contributed by atoms with E-state index in [1.807, 2.05) is 42.5 Å². The summed E-state index contributed by atoms with van der Waals surface area (Å²) >= 11 is 0. The minimum atomic E-state index is -3.64. The second-order valence-corrected chi connectivity index (χ2v) is 9.24. The van der Waals surface area contributed by atoms with E-state index in [0.717, 1.165) is 10.8 Å². The van der Waals surface area contributed by atoms with Crippen LogP contribution in [0.1, 0.15) is 23.2 Å². The number of hydrogen-bond acceptors (Lipinski definition) is 4. The Balaban J connectivity index is 1.55. The Morgan fingerprint density at radius 3 is 2.45 bits per heavy atom. The number of sulfonamides is 1. The van der Waals surface area contributed by atoms with E-state index in [9.17, 15) is 13.2 Å². The monoisotopic (exact) mass is 409 g/mol. The zero-order valence-corrected chi connectivity index (χ0v) is 17.1. The van der Waals surface area contributed by atoms with Crippen LogP contribution in [0, 0.1) is 5.92 Å². The van der Waals surface area contributed by atoms with Crippen LogP contribution in [0.4, 0.5) is 0 Å². The second-order valence-electron chi connectivity index (χ2n) is 7.30. The summed E-state index contributed by atoms with van der Waals surface area (Å²) < 4.78 is 32.6. The van der Waals surface area contributed by atoms with Crippen molar-refractivity contribution in [1.29, 1.82) is 0 Å². The lowest BCUT2D eigenvalue weighted by Gasteiger charge is -2.31. The summed E-state index contributed by atoms with van der Waals surface area (Å²) in [5, 5.41) is 2.09. The van der Waals surface area contributed by atoms with Crippen molar-refractivity contribution in [3.63, 3.8) is 0 Å². The van der Waals surface area contributed by atoms with Crippen LogP contribution in [0.3, 0.4) is 0 Å². The maximum absolute atomic E-state index is 13.1. The molecule has 4 rings (SSSR count). The maximum atomic E-state index is 13.1. The molecule has 0 saturated carbocycles. The molecule has 1 saturated heterocycles. The van der Waals surface area contributed by atoms with Gasteiger partial charge in [0.15, 0.2) is 5.78 Å². The van der Waals surface area contributed by atoms with Crippen molar-refractivity contribution in [3.05, 3.63) is 72.3 Å². The van der Waals surface area contributed by atoms with E-state index < -0.39 is 10.0 Å². The molecular weight excluding hydrogens is 386 g/mol. The van der Waals surface area contributed by atoms with E-state index in [0.29, 0.717) is 30.7 Å². The number of ketones is 1. The molecule has 1 atom stereocenters. The van der Waals surface area contributed by atoms with Crippen molar-refractivity contribution in [2.45, 2.75) is 17.7 Å². The summed E-state index contributed by atoms with van der Waals surface area (Å²) in [6.07, 6.45) is 1.36. The molecule has 0 N–H and O–H groups in total. The maximum Gasteiger partial charge on any atom is 0.243 e. The predicted molar refractivity (Wildman–Crippen MR) is 113 cm³/mol. The molecule has 150 valence electrons. The molecule has 0 aromatic heterocycles. The van der Waals surface area contributed by atoms with Crippen LogP contribution in [-0.4, -0.2) is 38.7 Å². The topological polar surface area (TPSA) is 63.7 Å². The molecule has 6 heteroatoms. The molecule has 0 bridgehead atoms. The molecule has 0 spiro atoms. The lowest BCUT2D eigenvalue weighted by Crippen LogP contribution is -2.42. The van der Waals surface area contributed by atoms with E-state index in [4.69, 9.17) is 4.74 Å². The van der Waals surface area contributed by atoms with Crippen LogP contribution in [-0.2, 0) is 10.0 Å². The molecule has 1 fully saturated rings. The molecule has 1 aliphatic heterocycles. The lowest BCUT2D eigenvalue weighted by molar-refractivity contribution is 0.0872. The number of rotatable bonds is 5. The first-order valence-corrected chi connectivity index (χ1v) is 11.1. The van der Waals surface area contributed by atoms with Crippen molar-refractivity contribution >= 4 is 26.6 Å². The van der Waals surface area contributed by atoms with Gasteiger partial charge in [-0.1, -0.05) is 36.4 Å². The van der Waals surface area contributed by atoms with Gasteiger partial charge in [-0.15, -0.1) is 0 Å². The van der Waals surface area contributed by atoms with Crippen LogP contribution >= 0.6 is 0 Å². The average Bonchev–Trinajstić information content (AvgIpc) is 2.78. The molecule has 1 heterocycles. The molecule has 0 amide bonds. The summed E-state index contributed by atoms with van der Waals surface area (Å²) in [4.78, 5) is 13.3. The van der Waals surface area contributed by atoms with Crippen LogP contribution < -0.4 is 4.74 Å². The van der Waals surface area contributed by atoms with Crippen molar-refractivity contribution < 1.29 is 17.9 Å². The number of hydrogen-bond donors (Lipinski definition) is 0. The number of carbonyl (C=O) groups excluding carboxylic acids is 1. The van der Waals surface area contributed by atoms with Gasteiger partial charge in [-0.05, 0) is 53.9 Å². The van der Waals surface area contributed by atoms with E-state index in [1.165, 1.54) is 11.4 Å². The van der Waals surface area contributed by atoms with Crippen molar-refractivity contribution in [1.82, 2.24) is 4.31 Å². The molecular formula is C23H23NO4S. The number of piperidine rings is 1. The molecule has 1 aliphatic rings. The highest BCUT2D eigenvalue weighted by Gasteiger charge is 2.33. The summed E-state index contributed by atoms with van der Waals surface area (Å²) in [6.45, 7) is 0.635. The Bertz CT molecular complexity index is 1140. The van der Waals surface area contributed by atoms with E-state index in [-0.39, 0.29) is 23.1 Å².